The first-order valence-corrected chi connectivity index (χ1v) is 7.75. The second-order valence-electron chi connectivity index (χ2n) is 6.65. The molecule has 0 aliphatic heterocycles. The molecule has 2 aromatic rings. The van der Waals surface area contributed by atoms with E-state index in [2.05, 4.69) is 5.32 Å². The molecule has 0 unspecified atom stereocenters. The van der Waals surface area contributed by atoms with E-state index >= 15 is 0 Å². The van der Waals surface area contributed by atoms with E-state index in [1.807, 2.05) is 44.2 Å². The molecule has 0 radical (unpaired) electrons. The van der Waals surface area contributed by atoms with Gasteiger partial charge in [-0.15, -0.1) is 0 Å². The number of aliphatic hydroxyl groups excluding tert-OH is 1. The normalized spacial score (nSPS) is 11.5. The van der Waals surface area contributed by atoms with Gasteiger partial charge in [0.1, 0.15) is 11.5 Å². The van der Waals surface area contributed by atoms with Crippen molar-refractivity contribution >= 4 is 11.5 Å². The van der Waals surface area contributed by atoms with Crippen molar-refractivity contribution in [1.82, 2.24) is 9.13 Å². The van der Waals surface area contributed by atoms with Gasteiger partial charge in [0.2, 0.25) is 0 Å². The van der Waals surface area contributed by atoms with Crippen molar-refractivity contribution in [3.05, 3.63) is 56.7 Å². The fourth-order valence-corrected chi connectivity index (χ4v) is 2.25. The van der Waals surface area contributed by atoms with Gasteiger partial charge in [0.25, 0.3) is 5.56 Å². The van der Waals surface area contributed by atoms with E-state index in [4.69, 9.17) is 5.73 Å². The minimum Gasteiger partial charge on any atom is -0.396 e. The summed E-state index contributed by atoms with van der Waals surface area (Å²) in [5.41, 5.74) is 5.82. The van der Waals surface area contributed by atoms with E-state index < -0.39 is 16.7 Å². The van der Waals surface area contributed by atoms with Gasteiger partial charge in [-0.25, -0.2) is 4.79 Å². The lowest BCUT2D eigenvalue weighted by Crippen LogP contribution is -2.42. The van der Waals surface area contributed by atoms with Gasteiger partial charge in [-0.1, -0.05) is 44.2 Å². The van der Waals surface area contributed by atoms with Crippen molar-refractivity contribution in [2.24, 2.45) is 12.5 Å². The van der Waals surface area contributed by atoms with Crippen LogP contribution in [-0.4, -0.2) is 27.4 Å². The predicted octanol–water partition coefficient (Wildman–Crippen LogP) is 0.608. The van der Waals surface area contributed by atoms with Gasteiger partial charge in [0.15, 0.2) is 0 Å². The Hall–Kier alpha value is -2.54. The number of hydrogen-bond acceptors (Lipinski definition) is 5. The third-order valence-electron chi connectivity index (χ3n) is 3.94. The highest BCUT2D eigenvalue weighted by Gasteiger charge is 2.20. The molecule has 0 spiro atoms. The topological polar surface area (TPSA) is 102 Å². The molecule has 2 rings (SSSR count). The number of anilines is 2. The maximum atomic E-state index is 12.4. The van der Waals surface area contributed by atoms with Gasteiger partial charge in [0.05, 0.1) is 6.54 Å². The quantitative estimate of drug-likeness (QED) is 0.719. The summed E-state index contributed by atoms with van der Waals surface area (Å²) >= 11 is 0. The summed E-state index contributed by atoms with van der Waals surface area (Å²) < 4.78 is 2.40. The first kappa shape index (κ1) is 17.8. The van der Waals surface area contributed by atoms with Crippen LogP contribution in [0.2, 0.25) is 0 Å². The van der Waals surface area contributed by atoms with Gasteiger partial charge >= 0.3 is 5.69 Å². The molecule has 1 heterocycles. The second kappa shape index (κ2) is 6.92. The van der Waals surface area contributed by atoms with E-state index in [9.17, 15) is 14.7 Å². The smallest absolute Gasteiger partial charge is 0.332 e. The molecule has 0 saturated heterocycles. The molecule has 7 heteroatoms. The van der Waals surface area contributed by atoms with E-state index in [0.717, 1.165) is 10.1 Å². The van der Waals surface area contributed by atoms with Gasteiger partial charge in [0, 0.05) is 25.6 Å². The first-order chi connectivity index (χ1) is 11.3. The molecule has 1 aromatic heterocycles. The fraction of sp³-hybridized carbons (Fsp3) is 0.412. The minimum atomic E-state index is -0.476. The standard InChI is InChI=1S/C17H24N4O3/c1-17(2,11-22)10-19-13-14(18)21(16(24)20(3)15(13)23)9-12-7-5-4-6-8-12/h4-8,19,22H,9-11,18H2,1-3H3. The lowest BCUT2D eigenvalue weighted by atomic mass is 9.95. The number of rotatable bonds is 6. The van der Waals surface area contributed by atoms with Crippen LogP contribution in [0.25, 0.3) is 0 Å². The second-order valence-corrected chi connectivity index (χ2v) is 6.65. The van der Waals surface area contributed by atoms with Gasteiger partial charge in [-0.05, 0) is 5.56 Å². The van der Waals surface area contributed by atoms with Crippen LogP contribution >= 0.6 is 0 Å². The fourth-order valence-electron chi connectivity index (χ4n) is 2.25. The number of benzene rings is 1. The van der Waals surface area contributed by atoms with Crippen LogP contribution in [0.15, 0.2) is 39.9 Å². The Morgan fingerprint density at radius 2 is 1.83 bits per heavy atom. The molecule has 24 heavy (non-hydrogen) atoms. The Morgan fingerprint density at radius 1 is 1.21 bits per heavy atom. The largest absolute Gasteiger partial charge is 0.396 e. The van der Waals surface area contributed by atoms with E-state index in [0.29, 0.717) is 6.54 Å². The molecule has 0 aliphatic rings. The Balaban J connectivity index is 2.45. The SMILES string of the molecule is Cn1c(=O)c(NCC(C)(C)CO)c(N)n(Cc2ccccc2)c1=O. The number of aromatic nitrogens is 2. The molecule has 130 valence electrons. The number of nitrogen functional groups attached to an aromatic ring is 1. The number of hydrogen-bond donors (Lipinski definition) is 3. The highest BCUT2D eigenvalue weighted by Crippen LogP contribution is 2.18. The van der Waals surface area contributed by atoms with E-state index in [1.165, 1.54) is 11.6 Å². The highest BCUT2D eigenvalue weighted by atomic mass is 16.3. The monoisotopic (exact) mass is 332 g/mol. The summed E-state index contributed by atoms with van der Waals surface area (Å²) in [6, 6.07) is 9.42. The average molecular weight is 332 g/mol. The molecule has 0 aliphatic carbocycles. The van der Waals surface area contributed by atoms with Crippen LogP contribution in [0.5, 0.6) is 0 Å². The maximum Gasteiger partial charge on any atom is 0.332 e. The zero-order valence-corrected chi connectivity index (χ0v) is 14.2. The summed E-state index contributed by atoms with van der Waals surface area (Å²) in [6.07, 6.45) is 0. The molecule has 1 aromatic carbocycles. The summed E-state index contributed by atoms with van der Waals surface area (Å²) in [7, 11) is 1.42. The molecule has 4 N–H and O–H groups in total. The van der Waals surface area contributed by atoms with Gasteiger partial charge in [-0.2, -0.15) is 0 Å². The first-order valence-electron chi connectivity index (χ1n) is 7.75. The Labute approximate surface area is 140 Å². The highest BCUT2D eigenvalue weighted by molar-refractivity contribution is 5.61. The van der Waals surface area contributed by atoms with Crippen molar-refractivity contribution in [3.63, 3.8) is 0 Å². The average Bonchev–Trinajstić information content (AvgIpc) is 2.58. The zero-order chi connectivity index (χ0) is 17.9. The Bertz CT molecular complexity index is 822. The van der Waals surface area contributed by atoms with Crippen LogP contribution in [-0.2, 0) is 13.6 Å². The van der Waals surface area contributed by atoms with Crippen LogP contribution in [0.4, 0.5) is 11.5 Å². The summed E-state index contributed by atoms with van der Waals surface area (Å²) in [4.78, 5) is 24.8. The summed E-state index contributed by atoms with van der Waals surface area (Å²) in [5, 5.41) is 12.3. The third-order valence-corrected chi connectivity index (χ3v) is 3.94. The molecule has 0 atom stereocenters. The zero-order valence-electron chi connectivity index (χ0n) is 14.2. The van der Waals surface area contributed by atoms with Crippen LogP contribution in [0.3, 0.4) is 0 Å². The molecular weight excluding hydrogens is 308 g/mol. The Kier molecular flexibility index (Phi) is 5.14. The lowest BCUT2D eigenvalue weighted by Gasteiger charge is -2.23. The van der Waals surface area contributed by atoms with Gasteiger partial charge < -0.3 is 16.2 Å². The minimum absolute atomic E-state index is 0.0378. The van der Waals surface area contributed by atoms with E-state index in [1.54, 1.807) is 0 Å². The molecule has 0 bridgehead atoms. The molecule has 0 fully saturated rings. The molecule has 7 nitrogen and oxygen atoms in total. The number of nitrogens with zero attached hydrogens (tertiary/aromatic N) is 2. The lowest BCUT2D eigenvalue weighted by molar-refractivity contribution is 0.171. The van der Waals surface area contributed by atoms with E-state index in [-0.39, 0.29) is 24.7 Å². The maximum absolute atomic E-state index is 12.4. The number of nitrogens with two attached hydrogens (primary N) is 1. The Morgan fingerprint density at radius 3 is 2.42 bits per heavy atom. The third kappa shape index (κ3) is 3.68. The molecule has 0 amide bonds. The van der Waals surface area contributed by atoms with Crippen LogP contribution in [0.1, 0.15) is 19.4 Å². The predicted molar refractivity (Wildman–Crippen MR) is 95.3 cm³/mol. The summed E-state index contributed by atoms with van der Waals surface area (Å²) in [6.45, 7) is 4.31. The van der Waals surface area contributed by atoms with Crippen LogP contribution in [0, 0.1) is 5.41 Å². The number of aliphatic hydroxyl groups is 1. The summed E-state index contributed by atoms with van der Waals surface area (Å²) in [5.74, 6) is 0.0979. The number of nitrogens with one attached hydrogen (secondary N) is 1. The van der Waals surface area contributed by atoms with Crippen molar-refractivity contribution in [1.29, 1.82) is 0 Å². The van der Waals surface area contributed by atoms with Crippen molar-refractivity contribution < 1.29 is 5.11 Å². The van der Waals surface area contributed by atoms with Crippen molar-refractivity contribution in [2.75, 3.05) is 24.2 Å². The van der Waals surface area contributed by atoms with Crippen LogP contribution < -0.4 is 22.3 Å². The molecule has 0 saturated carbocycles. The van der Waals surface area contributed by atoms with Crippen molar-refractivity contribution in [2.45, 2.75) is 20.4 Å². The van der Waals surface area contributed by atoms with Crippen molar-refractivity contribution in [3.8, 4) is 0 Å². The molecular formula is C17H24N4O3. The van der Waals surface area contributed by atoms with Gasteiger partial charge in [-0.3, -0.25) is 13.9 Å².